The normalized spacial score (nSPS) is 16.7. The van der Waals surface area contributed by atoms with E-state index in [1.54, 1.807) is 30.3 Å². The molecule has 0 bridgehead atoms. The lowest BCUT2D eigenvalue weighted by Gasteiger charge is -2.24. The molecule has 3 N–H and O–H groups in total. The van der Waals surface area contributed by atoms with Crippen molar-refractivity contribution in [3.8, 4) is 0 Å². The van der Waals surface area contributed by atoms with Gasteiger partial charge in [0.2, 0.25) is 5.91 Å². The first-order valence-corrected chi connectivity index (χ1v) is 8.25. The average Bonchev–Trinajstić information content (AvgIpc) is 2.64. The van der Waals surface area contributed by atoms with Crippen LogP contribution >= 0.6 is 0 Å². The number of hydrogen-bond acceptors (Lipinski definition) is 3. The largest absolute Gasteiger partial charge is 0.392 e. The summed E-state index contributed by atoms with van der Waals surface area (Å²) in [5, 5.41) is 14.8. The van der Waals surface area contributed by atoms with Gasteiger partial charge in [-0.1, -0.05) is 24.3 Å². The first kappa shape index (κ1) is 17.8. The Hall–Kier alpha value is -2.99. The second kappa shape index (κ2) is 7.49. The number of halogens is 1. The highest BCUT2D eigenvalue weighted by atomic mass is 19.1. The van der Waals surface area contributed by atoms with E-state index in [0.29, 0.717) is 16.8 Å². The highest BCUT2D eigenvalue weighted by molar-refractivity contribution is 6.06. The monoisotopic (exact) mass is 354 g/mol. The van der Waals surface area contributed by atoms with Crippen molar-refractivity contribution < 1.29 is 19.1 Å². The molecule has 0 aromatic heterocycles. The van der Waals surface area contributed by atoms with E-state index >= 15 is 0 Å². The summed E-state index contributed by atoms with van der Waals surface area (Å²) < 4.78 is 13.2. The van der Waals surface area contributed by atoms with E-state index in [0.717, 1.165) is 11.1 Å². The van der Waals surface area contributed by atoms with Crippen LogP contribution in [0.15, 0.2) is 54.2 Å². The molecule has 134 valence electrons. The first-order chi connectivity index (χ1) is 12.5. The molecule has 26 heavy (non-hydrogen) atoms. The summed E-state index contributed by atoms with van der Waals surface area (Å²) in [6, 6.07) is 11.1. The Balaban J connectivity index is 1.89. The van der Waals surface area contributed by atoms with Crippen molar-refractivity contribution in [2.75, 3.05) is 5.32 Å². The third-order valence-corrected chi connectivity index (χ3v) is 4.55. The Bertz CT molecular complexity index is 875. The molecule has 2 aromatic rings. The van der Waals surface area contributed by atoms with Gasteiger partial charge < -0.3 is 15.7 Å². The molecule has 0 saturated carbocycles. The molecule has 0 unspecified atom stereocenters. The number of aliphatic hydroxyl groups excluding tert-OH is 1. The number of benzene rings is 2. The van der Waals surface area contributed by atoms with E-state index in [1.807, 2.05) is 6.92 Å². The van der Waals surface area contributed by atoms with Gasteiger partial charge in [-0.05, 0) is 41.8 Å². The minimum atomic E-state index is -0.453. The van der Waals surface area contributed by atoms with Crippen LogP contribution in [-0.2, 0) is 16.2 Å². The maximum absolute atomic E-state index is 13.2. The van der Waals surface area contributed by atoms with E-state index in [4.69, 9.17) is 0 Å². The minimum absolute atomic E-state index is 0.112. The van der Waals surface area contributed by atoms with Crippen LogP contribution in [0.1, 0.15) is 29.0 Å². The van der Waals surface area contributed by atoms with Crippen molar-refractivity contribution >= 4 is 17.5 Å². The smallest absolute Gasteiger partial charge is 0.253 e. The predicted octanol–water partition coefficient (Wildman–Crippen LogP) is 2.75. The number of aliphatic hydroxyl groups is 1. The molecule has 1 atom stereocenters. The summed E-state index contributed by atoms with van der Waals surface area (Å²) in [6.45, 7) is 1.70. The fourth-order valence-corrected chi connectivity index (χ4v) is 3.01. The molecule has 3 rings (SSSR count). The Morgan fingerprint density at radius 2 is 2.00 bits per heavy atom. The summed E-state index contributed by atoms with van der Waals surface area (Å²) in [6.07, 6.45) is 1.51. The summed E-state index contributed by atoms with van der Waals surface area (Å²) in [5.41, 5.74) is 3.19. The SMILES string of the molecule is Cc1c(CO)cccc1NC(=O)C1=CNC(=O)C[C@H]1c1ccc(F)cc1. The maximum atomic E-state index is 13.2. The highest BCUT2D eigenvalue weighted by Crippen LogP contribution is 2.31. The van der Waals surface area contributed by atoms with E-state index in [2.05, 4.69) is 10.6 Å². The zero-order valence-corrected chi connectivity index (χ0v) is 14.3. The number of carbonyl (C=O) groups excluding carboxylic acids is 2. The topological polar surface area (TPSA) is 78.4 Å². The average molecular weight is 354 g/mol. The zero-order valence-electron chi connectivity index (χ0n) is 14.3. The van der Waals surface area contributed by atoms with Gasteiger partial charge in [0.15, 0.2) is 0 Å². The van der Waals surface area contributed by atoms with Gasteiger partial charge in [0, 0.05) is 29.8 Å². The van der Waals surface area contributed by atoms with Gasteiger partial charge in [-0.3, -0.25) is 9.59 Å². The van der Waals surface area contributed by atoms with Crippen molar-refractivity contribution in [3.05, 3.63) is 76.7 Å². The van der Waals surface area contributed by atoms with Gasteiger partial charge in [0.25, 0.3) is 5.91 Å². The molecule has 1 aliphatic rings. The number of anilines is 1. The lowest BCUT2D eigenvalue weighted by molar-refractivity contribution is -0.121. The zero-order chi connectivity index (χ0) is 18.7. The highest BCUT2D eigenvalue weighted by Gasteiger charge is 2.29. The van der Waals surface area contributed by atoms with Crippen LogP contribution in [-0.4, -0.2) is 16.9 Å². The number of rotatable bonds is 4. The van der Waals surface area contributed by atoms with Crippen molar-refractivity contribution in [1.82, 2.24) is 5.32 Å². The molecule has 2 amide bonds. The predicted molar refractivity (Wildman–Crippen MR) is 95.7 cm³/mol. The van der Waals surface area contributed by atoms with Crippen molar-refractivity contribution in [1.29, 1.82) is 0 Å². The number of hydrogen-bond donors (Lipinski definition) is 3. The molecule has 0 aliphatic carbocycles. The lowest BCUT2D eigenvalue weighted by Crippen LogP contribution is -2.32. The molecule has 0 radical (unpaired) electrons. The van der Waals surface area contributed by atoms with Crippen LogP contribution in [0, 0.1) is 12.7 Å². The van der Waals surface area contributed by atoms with Crippen molar-refractivity contribution in [2.24, 2.45) is 0 Å². The van der Waals surface area contributed by atoms with Gasteiger partial charge in [-0.15, -0.1) is 0 Å². The van der Waals surface area contributed by atoms with E-state index in [9.17, 15) is 19.1 Å². The van der Waals surface area contributed by atoms with Crippen LogP contribution in [0.25, 0.3) is 0 Å². The molecule has 1 aliphatic heterocycles. The molecular weight excluding hydrogens is 335 g/mol. The Morgan fingerprint density at radius 3 is 2.69 bits per heavy atom. The van der Waals surface area contributed by atoms with E-state index < -0.39 is 5.92 Å². The summed E-state index contributed by atoms with van der Waals surface area (Å²) >= 11 is 0. The fraction of sp³-hybridized carbons (Fsp3) is 0.200. The van der Waals surface area contributed by atoms with Gasteiger partial charge in [0.1, 0.15) is 5.82 Å². The molecule has 6 heteroatoms. The molecule has 2 aromatic carbocycles. The number of amides is 2. The van der Waals surface area contributed by atoms with Crippen molar-refractivity contribution in [3.63, 3.8) is 0 Å². The van der Waals surface area contributed by atoms with Crippen LogP contribution in [0.5, 0.6) is 0 Å². The first-order valence-electron chi connectivity index (χ1n) is 8.25. The Kier molecular flexibility index (Phi) is 5.14. The quantitative estimate of drug-likeness (QED) is 0.790. The number of nitrogens with one attached hydrogen (secondary N) is 2. The van der Waals surface area contributed by atoms with Crippen LogP contribution in [0.4, 0.5) is 10.1 Å². The van der Waals surface area contributed by atoms with Gasteiger partial charge in [-0.2, -0.15) is 0 Å². The molecule has 0 spiro atoms. The van der Waals surface area contributed by atoms with E-state index in [-0.39, 0.29) is 30.7 Å². The van der Waals surface area contributed by atoms with Crippen LogP contribution in [0.3, 0.4) is 0 Å². The molecular formula is C20H19FN2O3. The third-order valence-electron chi connectivity index (χ3n) is 4.55. The summed E-state index contributed by atoms with van der Waals surface area (Å²) in [5.74, 6) is -1.38. The van der Waals surface area contributed by atoms with Crippen LogP contribution in [0.2, 0.25) is 0 Å². The van der Waals surface area contributed by atoms with Gasteiger partial charge in [-0.25, -0.2) is 4.39 Å². The lowest BCUT2D eigenvalue weighted by atomic mass is 9.86. The van der Waals surface area contributed by atoms with Gasteiger partial charge >= 0.3 is 0 Å². The minimum Gasteiger partial charge on any atom is -0.392 e. The standard InChI is InChI=1S/C20H19FN2O3/c1-12-14(11-24)3-2-4-18(12)23-20(26)17-10-22-19(25)9-16(17)13-5-7-15(21)8-6-13/h2-8,10,16,24H,9,11H2,1H3,(H,22,25)(H,23,26)/t16-/m0/s1. The Morgan fingerprint density at radius 1 is 1.27 bits per heavy atom. The molecule has 5 nitrogen and oxygen atoms in total. The van der Waals surface area contributed by atoms with E-state index in [1.165, 1.54) is 18.3 Å². The second-order valence-corrected chi connectivity index (χ2v) is 6.18. The molecule has 0 fully saturated rings. The fourth-order valence-electron chi connectivity index (χ4n) is 3.01. The second-order valence-electron chi connectivity index (χ2n) is 6.18. The van der Waals surface area contributed by atoms with Crippen LogP contribution < -0.4 is 10.6 Å². The van der Waals surface area contributed by atoms with Crippen molar-refractivity contribution in [2.45, 2.75) is 25.9 Å². The van der Waals surface area contributed by atoms with Gasteiger partial charge in [0.05, 0.1) is 6.61 Å². The molecule has 0 saturated heterocycles. The molecule has 1 heterocycles. The third kappa shape index (κ3) is 3.65. The summed E-state index contributed by atoms with van der Waals surface area (Å²) in [4.78, 5) is 24.6. The summed E-state index contributed by atoms with van der Waals surface area (Å²) in [7, 11) is 0. The number of carbonyl (C=O) groups is 2. The maximum Gasteiger partial charge on any atom is 0.253 e. The Labute approximate surface area is 150 Å².